The molecule has 2 aromatic rings. The molecular weight excluding hydrogens is 356 g/mol. The molecule has 3 rings (SSSR count). The number of amides is 2. The van der Waals surface area contributed by atoms with Crippen LogP contribution in [0.5, 0.6) is 0 Å². The summed E-state index contributed by atoms with van der Waals surface area (Å²) >= 11 is 0. The van der Waals surface area contributed by atoms with Crippen molar-refractivity contribution in [1.29, 1.82) is 0 Å². The maximum absolute atomic E-state index is 12.1. The van der Waals surface area contributed by atoms with Gasteiger partial charge in [0.05, 0.1) is 6.26 Å². The minimum Gasteiger partial charge on any atom is -0.465 e. The second-order valence-corrected chi connectivity index (χ2v) is 6.70. The Hall–Kier alpha value is -3.09. The van der Waals surface area contributed by atoms with Crippen LogP contribution in [0.15, 0.2) is 47.2 Å². The number of nitrogens with one attached hydrogen (secondary N) is 2. The van der Waals surface area contributed by atoms with Crippen LogP contribution in [-0.2, 0) is 16.1 Å². The van der Waals surface area contributed by atoms with Gasteiger partial charge in [0, 0.05) is 50.4 Å². The minimum absolute atomic E-state index is 0.108. The predicted molar refractivity (Wildman–Crippen MR) is 108 cm³/mol. The highest BCUT2D eigenvalue weighted by molar-refractivity contribution is 5.91. The summed E-state index contributed by atoms with van der Waals surface area (Å²) in [5.41, 5.74) is 1.02. The van der Waals surface area contributed by atoms with Crippen LogP contribution in [-0.4, -0.2) is 36.4 Å². The Kier molecular flexibility index (Phi) is 7.23. The average Bonchev–Trinajstić information content (AvgIpc) is 3.25. The van der Waals surface area contributed by atoms with E-state index in [1.54, 1.807) is 30.7 Å². The molecule has 7 heteroatoms. The molecule has 1 fully saturated rings. The fourth-order valence-corrected chi connectivity index (χ4v) is 3.14. The van der Waals surface area contributed by atoms with Crippen molar-refractivity contribution >= 4 is 23.7 Å². The van der Waals surface area contributed by atoms with Gasteiger partial charge in [-0.25, -0.2) is 4.98 Å². The molecule has 0 radical (unpaired) electrons. The van der Waals surface area contributed by atoms with Gasteiger partial charge in [-0.15, -0.1) is 0 Å². The highest BCUT2D eigenvalue weighted by Gasteiger charge is 2.15. The molecule has 148 valence electrons. The van der Waals surface area contributed by atoms with Crippen molar-refractivity contribution in [3.05, 3.63) is 54.1 Å². The van der Waals surface area contributed by atoms with Crippen LogP contribution in [0.1, 0.15) is 37.0 Å². The molecule has 0 aliphatic carbocycles. The number of hydrogen-bond acceptors (Lipinski definition) is 5. The van der Waals surface area contributed by atoms with Gasteiger partial charge < -0.3 is 20.0 Å². The number of rotatable bonds is 8. The van der Waals surface area contributed by atoms with E-state index in [0.717, 1.165) is 24.5 Å². The molecule has 0 bridgehead atoms. The molecule has 0 unspecified atom stereocenters. The topological polar surface area (TPSA) is 87.5 Å². The molecule has 28 heavy (non-hydrogen) atoms. The van der Waals surface area contributed by atoms with Crippen molar-refractivity contribution in [3.63, 3.8) is 0 Å². The number of carbonyl (C=O) groups is 2. The summed E-state index contributed by atoms with van der Waals surface area (Å²) < 4.78 is 5.11. The van der Waals surface area contributed by atoms with Gasteiger partial charge in [0.2, 0.25) is 11.8 Å². The molecular formula is C21H26N4O3. The molecule has 0 spiro atoms. The third-order valence-electron chi connectivity index (χ3n) is 4.59. The average molecular weight is 382 g/mol. The van der Waals surface area contributed by atoms with Crippen molar-refractivity contribution in [2.45, 2.75) is 32.2 Å². The molecule has 2 aromatic heterocycles. The lowest BCUT2D eigenvalue weighted by molar-refractivity contribution is -0.121. The van der Waals surface area contributed by atoms with E-state index in [-0.39, 0.29) is 24.8 Å². The molecule has 1 aliphatic heterocycles. The van der Waals surface area contributed by atoms with Crippen molar-refractivity contribution in [2.75, 3.05) is 24.5 Å². The Morgan fingerprint density at radius 2 is 2.00 bits per heavy atom. The van der Waals surface area contributed by atoms with Crippen molar-refractivity contribution in [2.24, 2.45) is 0 Å². The summed E-state index contributed by atoms with van der Waals surface area (Å²) in [5.74, 6) is 1.19. The van der Waals surface area contributed by atoms with Gasteiger partial charge >= 0.3 is 0 Å². The molecule has 3 heterocycles. The SMILES string of the molecule is O=C(/C=C/c1ccco1)NCCC(=O)NCc1cccnc1N1CCCCC1. The second-order valence-electron chi connectivity index (χ2n) is 6.70. The highest BCUT2D eigenvalue weighted by Crippen LogP contribution is 2.21. The van der Waals surface area contributed by atoms with E-state index < -0.39 is 0 Å². The fourth-order valence-electron chi connectivity index (χ4n) is 3.14. The maximum atomic E-state index is 12.1. The molecule has 7 nitrogen and oxygen atoms in total. The second kappa shape index (κ2) is 10.3. The third kappa shape index (κ3) is 5.97. The Morgan fingerprint density at radius 1 is 1.14 bits per heavy atom. The van der Waals surface area contributed by atoms with E-state index in [2.05, 4.69) is 20.5 Å². The summed E-state index contributed by atoms with van der Waals surface area (Å²) in [6, 6.07) is 7.40. The molecule has 1 aliphatic rings. The molecule has 0 aromatic carbocycles. The van der Waals surface area contributed by atoms with Gasteiger partial charge in [-0.2, -0.15) is 0 Å². The van der Waals surface area contributed by atoms with Gasteiger partial charge in [0.25, 0.3) is 0 Å². The maximum Gasteiger partial charge on any atom is 0.244 e. The molecule has 0 atom stereocenters. The Balaban J connectivity index is 1.40. The van der Waals surface area contributed by atoms with Crippen LogP contribution in [0.2, 0.25) is 0 Å². The fraction of sp³-hybridized carbons (Fsp3) is 0.381. The quantitative estimate of drug-likeness (QED) is 0.685. The zero-order valence-corrected chi connectivity index (χ0v) is 15.9. The third-order valence-corrected chi connectivity index (χ3v) is 4.59. The number of aromatic nitrogens is 1. The first kappa shape index (κ1) is 19.7. The molecule has 2 amide bonds. The van der Waals surface area contributed by atoms with Gasteiger partial charge in [-0.3, -0.25) is 9.59 Å². The summed E-state index contributed by atoms with van der Waals surface area (Å²) in [5, 5.41) is 5.61. The largest absolute Gasteiger partial charge is 0.465 e. The minimum atomic E-state index is -0.260. The highest BCUT2D eigenvalue weighted by atomic mass is 16.3. The van der Waals surface area contributed by atoms with E-state index in [0.29, 0.717) is 12.3 Å². The number of carbonyl (C=O) groups excluding carboxylic acids is 2. The molecule has 1 saturated heterocycles. The zero-order valence-electron chi connectivity index (χ0n) is 15.9. The van der Waals surface area contributed by atoms with Crippen LogP contribution < -0.4 is 15.5 Å². The van der Waals surface area contributed by atoms with E-state index in [9.17, 15) is 9.59 Å². The van der Waals surface area contributed by atoms with E-state index in [4.69, 9.17) is 4.42 Å². The number of piperidine rings is 1. The summed E-state index contributed by atoms with van der Waals surface area (Å²) in [6.07, 6.45) is 10.1. The lowest BCUT2D eigenvalue weighted by Gasteiger charge is -2.29. The zero-order chi connectivity index (χ0) is 19.6. The van der Waals surface area contributed by atoms with Crippen LogP contribution in [0.25, 0.3) is 6.08 Å². The van der Waals surface area contributed by atoms with Gasteiger partial charge in [0.15, 0.2) is 0 Å². The predicted octanol–water partition coefficient (Wildman–Crippen LogP) is 2.50. The molecule has 2 N–H and O–H groups in total. The van der Waals surface area contributed by atoms with Crippen LogP contribution in [0, 0.1) is 0 Å². The van der Waals surface area contributed by atoms with Gasteiger partial charge in [-0.1, -0.05) is 6.07 Å². The molecule has 0 saturated carbocycles. The van der Waals surface area contributed by atoms with Crippen molar-refractivity contribution in [1.82, 2.24) is 15.6 Å². The summed E-state index contributed by atoms with van der Waals surface area (Å²) in [7, 11) is 0. The van der Waals surface area contributed by atoms with E-state index in [1.165, 1.54) is 25.3 Å². The van der Waals surface area contributed by atoms with E-state index in [1.807, 2.05) is 12.1 Å². The monoisotopic (exact) mass is 382 g/mol. The van der Waals surface area contributed by atoms with Gasteiger partial charge in [0.1, 0.15) is 11.6 Å². The lowest BCUT2D eigenvalue weighted by Crippen LogP contribution is -2.33. The first-order valence-electron chi connectivity index (χ1n) is 9.67. The first-order chi connectivity index (χ1) is 13.7. The number of pyridine rings is 1. The number of nitrogens with zero attached hydrogens (tertiary/aromatic N) is 2. The van der Waals surface area contributed by atoms with Crippen molar-refractivity contribution < 1.29 is 14.0 Å². The number of furan rings is 1. The standard InChI is InChI=1S/C21H26N4O3/c26-19(9-8-18-7-5-15-28-18)22-12-10-20(27)24-16-17-6-4-11-23-21(17)25-13-2-1-3-14-25/h4-9,11,15H,1-3,10,12-14,16H2,(H,22,26)(H,24,27)/b9-8+. The Morgan fingerprint density at radius 3 is 2.79 bits per heavy atom. The number of hydrogen-bond donors (Lipinski definition) is 2. The normalized spacial score (nSPS) is 14.2. The Labute approximate surface area is 164 Å². The smallest absolute Gasteiger partial charge is 0.244 e. The van der Waals surface area contributed by atoms with Crippen LogP contribution in [0.3, 0.4) is 0 Å². The first-order valence-corrected chi connectivity index (χ1v) is 9.67. The number of anilines is 1. The van der Waals surface area contributed by atoms with Crippen LogP contribution >= 0.6 is 0 Å². The lowest BCUT2D eigenvalue weighted by atomic mass is 10.1. The Bertz CT molecular complexity index is 796. The summed E-state index contributed by atoms with van der Waals surface area (Å²) in [4.78, 5) is 30.6. The van der Waals surface area contributed by atoms with E-state index >= 15 is 0 Å². The summed E-state index contributed by atoms with van der Waals surface area (Å²) in [6.45, 7) is 2.73. The van der Waals surface area contributed by atoms with Gasteiger partial charge in [-0.05, 0) is 43.5 Å². The van der Waals surface area contributed by atoms with Crippen molar-refractivity contribution in [3.8, 4) is 0 Å². The van der Waals surface area contributed by atoms with Crippen LogP contribution in [0.4, 0.5) is 5.82 Å².